The van der Waals surface area contributed by atoms with Crippen LogP contribution in [-0.4, -0.2) is 139 Å². The van der Waals surface area contributed by atoms with Gasteiger partial charge in [0.1, 0.15) is 5.01 Å². The molecule has 0 radical (unpaired) electrons. The van der Waals surface area contributed by atoms with Crippen LogP contribution in [-0.2, 0) is 14.4 Å². The minimum Gasteiger partial charge on any atom is -0.358 e. The zero-order chi connectivity index (χ0) is 70.1. The lowest BCUT2D eigenvalue weighted by molar-refractivity contribution is -0.111. The lowest BCUT2D eigenvalue weighted by Gasteiger charge is -2.32. The molecule has 100 heavy (non-hydrogen) atoms. The third-order valence-electron chi connectivity index (χ3n) is 18.5. The number of likely N-dealkylation sites (N-methyl/N-ethyl adjacent to an activating group) is 2. The maximum Gasteiger partial charge on any atom is 0.256 e. The third-order valence-corrected chi connectivity index (χ3v) is 21.0. The molecule has 0 bridgehead atoms. The Balaban J connectivity index is 0.000000153. The van der Waals surface area contributed by atoms with Gasteiger partial charge in [0.25, 0.3) is 29.5 Å². The molecule has 22 heteroatoms. The van der Waals surface area contributed by atoms with Crippen LogP contribution in [0.25, 0.3) is 79.3 Å². The fraction of sp³-hybridized carbons (Fsp3) is 0.269. The van der Waals surface area contributed by atoms with Crippen molar-refractivity contribution in [3.8, 4) is 44.3 Å². The number of thiazole rings is 3. The number of benzene rings is 4. The van der Waals surface area contributed by atoms with Crippen molar-refractivity contribution < 1.29 is 28.8 Å². The van der Waals surface area contributed by atoms with Gasteiger partial charge in [-0.1, -0.05) is 69.8 Å². The molecule has 6 aromatic heterocycles. The number of amides is 5. The van der Waals surface area contributed by atoms with Gasteiger partial charge in [-0.05, 0) is 154 Å². The molecule has 0 aliphatic carbocycles. The fourth-order valence-electron chi connectivity index (χ4n) is 13.1. The van der Waals surface area contributed by atoms with E-state index >= 15 is 0 Å². The topological polar surface area (TPSA) is 246 Å². The lowest BCUT2D eigenvalue weighted by Crippen LogP contribution is -2.47. The van der Waals surface area contributed by atoms with Crippen LogP contribution in [0.15, 0.2) is 101 Å². The van der Waals surface area contributed by atoms with E-state index in [0.29, 0.717) is 40.0 Å². The van der Waals surface area contributed by atoms with Crippen molar-refractivity contribution >= 4 is 121 Å². The summed E-state index contributed by atoms with van der Waals surface area (Å²) in [6, 6.07) is 27.8. The Morgan fingerprint density at radius 1 is 0.530 bits per heavy atom. The van der Waals surface area contributed by atoms with E-state index in [1.165, 1.54) is 0 Å². The highest BCUT2D eigenvalue weighted by molar-refractivity contribution is 7.13. The molecule has 10 heterocycles. The van der Waals surface area contributed by atoms with Crippen LogP contribution in [0.5, 0.6) is 0 Å². The first-order valence-corrected chi connectivity index (χ1v) is 35.6. The monoisotopic (exact) mass is 1390 g/mol. The predicted octanol–water partition coefficient (Wildman–Crippen LogP) is 15.3. The largest absolute Gasteiger partial charge is 0.358 e. The first-order chi connectivity index (χ1) is 47.5. The molecule has 4 aliphatic rings. The van der Waals surface area contributed by atoms with E-state index in [1.54, 1.807) is 40.9 Å². The van der Waals surface area contributed by atoms with Crippen LogP contribution in [0.1, 0.15) is 137 Å². The van der Waals surface area contributed by atoms with Crippen molar-refractivity contribution in [2.75, 3.05) is 75.4 Å². The molecule has 0 atom stereocenters. The highest BCUT2D eigenvalue weighted by Crippen LogP contribution is 2.41. The number of carbonyl (C=O) groups is 6. The SMILES string of the molecule is C.CC(=O)c1c(C)[nH]c(/C=C2\C(=O)Nc3ccc(-c4csc(C)n4)cc32)c1C.CCN(CC)CCNC(=O)c1c(C)[nH]c(/C=C2\C(=O)Nc3ccc(-c4csc(-c5ccccc5)n4)cc32)c1C.Cc1nc(-c2ccc3c(c2)/C(=C/c2[nH]c(C)c(C(=O)N4CCN(C)CC4)c2C)C(=O)N3)cs1. The fourth-order valence-corrected chi connectivity index (χ4v) is 15.2. The lowest BCUT2D eigenvalue weighted by atomic mass is 10.0. The van der Waals surface area contributed by atoms with Gasteiger partial charge in [-0.3, -0.25) is 28.8 Å². The predicted molar refractivity (Wildman–Crippen MR) is 408 cm³/mol. The summed E-state index contributed by atoms with van der Waals surface area (Å²) in [7, 11) is 2.07. The van der Waals surface area contributed by atoms with Gasteiger partial charge < -0.3 is 50.9 Å². The number of fused-ring (bicyclic) bond motifs is 3. The number of aromatic nitrogens is 6. The number of piperazine rings is 1. The van der Waals surface area contributed by atoms with Crippen molar-refractivity contribution in [1.29, 1.82) is 0 Å². The van der Waals surface area contributed by atoms with Gasteiger partial charge in [-0.25, -0.2) is 15.0 Å². The zero-order valence-electron chi connectivity index (χ0n) is 57.6. The maximum atomic E-state index is 13.2. The van der Waals surface area contributed by atoms with Gasteiger partial charge in [0.15, 0.2) is 5.78 Å². The number of ketones is 1. The zero-order valence-corrected chi connectivity index (χ0v) is 60.0. The van der Waals surface area contributed by atoms with Crippen molar-refractivity contribution in [3.05, 3.63) is 195 Å². The standard InChI is InChI=1S/C31H33N5O2S.C25H27N5O2S.C21H19N3O2S.CH4/c1-5-36(6-2)15-14-32-30(38)28-19(3)26(33-20(28)4)17-24-23-16-22(12-13-25(23)34-29(24)37)27-18-39-31(35-27)21-10-8-7-9-11-21;1-14-21(26-15(2)23(14)25(32)30-9-7-29(4)8-10-30)12-19-18-11-17(22-13-33-16(3)27-22)5-6-20(18)28-24(19)31;1-10-18(22-11(2)20(10)12(3)25)8-16-15-7-14(19-9-27-13(4)23-19)5-6-17(15)24-21(16)26;/h7-13,16-18,33H,5-6,14-15H2,1-4H3,(H,32,38)(H,34,37);5-6,11-13,26H,7-10H2,1-4H3,(H,28,31);5-9,22H,1-4H3,(H,24,26);1H4/b24-17-;19-12-;16-8-;. The van der Waals surface area contributed by atoms with Crippen molar-refractivity contribution in [3.63, 3.8) is 0 Å². The normalized spacial score (nSPS) is 15.0. The van der Waals surface area contributed by atoms with Gasteiger partial charge >= 0.3 is 0 Å². The molecule has 10 aromatic rings. The molecule has 0 spiro atoms. The number of aryl methyl sites for hydroxylation is 5. The number of H-pyrrole nitrogens is 3. The summed E-state index contributed by atoms with van der Waals surface area (Å²) in [5.41, 5.74) is 22.6. The summed E-state index contributed by atoms with van der Waals surface area (Å²) in [6.07, 6.45) is 5.53. The molecule has 4 aromatic carbocycles. The quantitative estimate of drug-likeness (QED) is 0.0376. The van der Waals surface area contributed by atoms with E-state index < -0.39 is 0 Å². The number of anilines is 3. The number of hydrogen-bond donors (Lipinski definition) is 7. The summed E-state index contributed by atoms with van der Waals surface area (Å²) < 4.78 is 0. The minimum absolute atomic E-state index is 0. The highest BCUT2D eigenvalue weighted by atomic mass is 32.1. The van der Waals surface area contributed by atoms with E-state index in [9.17, 15) is 28.8 Å². The van der Waals surface area contributed by atoms with Crippen molar-refractivity contribution in [2.24, 2.45) is 0 Å². The Morgan fingerprint density at radius 3 is 1.36 bits per heavy atom. The Kier molecular flexibility index (Phi) is 21.4. The number of carbonyl (C=O) groups excluding carboxylic acids is 6. The first-order valence-electron chi connectivity index (χ1n) is 33.0. The number of Topliss-reactive ketones (excluding diaryl/α,β-unsaturated/α-hetero) is 1. The number of aromatic amines is 3. The van der Waals surface area contributed by atoms with Crippen molar-refractivity contribution in [2.45, 2.75) is 83.6 Å². The molecule has 4 aliphatic heterocycles. The van der Waals surface area contributed by atoms with E-state index in [4.69, 9.17) is 4.98 Å². The van der Waals surface area contributed by atoms with Crippen LogP contribution >= 0.6 is 34.0 Å². The molecular weight excluding hydrogens is 1310 g/mol. The van der Waals surface area contributed by atoms with Crippen LogP contribution in [0.3, 0.4) is 0 Å². The molecule has 19 nitrogen and oxygen atoms in total. The van der Waals surface area contributed by atoms with E-state index in [1.807, 2.05) is 167 Å². The number of rotatable bonds is 15. The molecule has 0 unspecified atom stereocenters. The van der Waals surface area contributed by atoms with Gasteiger partial charge in [-0.2, -0.15) is 0 Å². The molecule has 514 valence electrons. The summed E-state index contributed by atoms with van der Waals surface area (Å²) in [4.78, 5) is 107. The van der Waals surface area contributed by atoms with Gasteiger partial charge in [-0.15, -0.1) is 34.0 Å². The van der Waals surface area contributed by atoms with E-state index in [0.717, 1.165) is 185 Å². The second-order valence-electron chi connectivity index (χ2n) is 25.2. The average molecular weight is 1390 g/mol. The van der Waals surface area contributed by atoms with Crippen LogP contribution in [0, 0.1) is 55.4 Å². The molecule has 14 rings (SSSR count). The number of nitrogens with zero attached hydrogens (tertiary/aromatic N) is 6. The van der Waals surface area contributed by atoms with Gasteiger partial charge in [0, 0.05) is 151 Å². The van der Waals surface area contributed by atoms with Crippen LogP contribution < -0.4 is 21.3 Å². The second kappa shape index (κ2) is 30.1. The summed E-state index contributed by atoms with van der Waals surface area (Å²) in [6.45, 7) is 27.7. The summed E-state index contributed by atoms with van der Waals surface area (Å²) in [5.74, 6) is -0.487. The highest BCUT2D eigenvalue weighted by Gasteiger charge is 2.31. The van der Waals surface area contributed by atoms with Crippen LogP contribution in [0.4, 0.5) is 17.1 Å². The Labute approximate surface area is 595 Å². The van der Waals surface area contributed by atoms with Crippen LogP contribution in [0.2, 0.25) is 0 Å². The average Bonchev–Trinajstić information content (AvgIpc) is 1.64. The second-order valence-corrected chi connectivity index (χ2v) is 28.1. The third kappa shape index (κ3) is 14.7. The smallest absolute Gasteiger partial charge is 0.256 e. The molecule has 7 N–H and O–H groups in total. The Hall–Kier alpha value is -10.2. The van der Waals surface area contributed by atoms with Crippen molar-refractivity contribution in [1.82, 2.24) is 49.9 Å². The first kappa shape index (κ1) is 71.1. The number of nitrogens with one attached hydrogen (secondary N) is 7. The Morgan fingerprint density at radius 2 is 0.940 bits per heavy atom. The van der Waals surface area contributed by atoms with Gasteiger partial charge in [0.2, 0.25) is 0 Å². The Bertz CT molecular complexity index is 4940. The molecule has 0 saturated carbocycles. The summed E-state index contributed by atoms with van der Waals surface area (Å²) >= 11 is 4.81. The van der Waals surface area contributed by atoms with E-state index in [2.05, 4.69) is 89.0 Å². The van der Waals surface area contributed by atoms with Gasteiger partial charge in [0.05, 0.1) is 54.9 Å². The molecular formula is C78H83N13O6S3. The minimum atomic E-state index is -0.165. The maximum absolute atomic E-state index is 13.2. The summed E-state index contributed by atoms with van der Waals surface area (Å²) in [5, 5.41) is 20.9. The molecule has 5 amide bonds. The number of hydrogen-bond acceptors (Lipinski definition) is 14. The molecule has 1 fully saturated rings. The van der Waals surface area contributed by atoms with E-state index in [-0.39, 0.29) is 42.7 Å². The molecule has 1 saturated heterocycles.